The van der Waals surface area contributed by atoms with Gasteiger partial charge in [-0.3, -0.25) is 9.05 Å². The number of rotatable bonds is 7. The van der Waals surface area contributed by atoms with E-state index in [9.17, 15) is 9.83 Å². The molecular formula is C15H24NO4PS. The SMILES string of the molecule is CCOP(=O)(OCC)OC1=C2CCC[C@@H]2C[C@H](C#N)[C@@H]1SC. The summed E-state index contributed by atoms with van der Waals surface area (Å²) in [6, 6.07) is 2.39. The lowest BCUT2D eigenvalue weighted by Crippen LogP contribution is -2.29. The van der Waals surface area contributed by atoms with Crippen LogP contribution in [0.1, 0.15) is 39.5 Å². The number of thioether (sulfide) groups is 1. The zero-order chi connectivity index (χ0) is 16.2. The summed E-state index contributed by atoms with van der Waals surface area (Å²) in [5, 5.41) is 9.37. The van der Waals surface area contributed by atoms with E-state index >= 15 is 0 Å². The summed E-state index contributed by atoms with van der Waals surface area (Å²) in [5.74, 6) is 0.936. The molecule has 1 saturated carbocycles. The third-order valence-corrected chi connectivity index (χ3v) is 6.79. The van der Waals surface area contributed by atoms with E-state index in [1.807, 2.05) is 6.26 Å². The number of hydrogen-bond donors (Lipinski definition) is 0. The Hall–Kier alpha value is -0.470. The molecule has 0 saturated heterocycles. The van der Waals surface area contributed by atoms with Crippen molar-refractivity contribution < 1.29 is 18.1 Å². The van der Waals surface area contributed by atoms with Crippen LogP contribution in [0.3, 0.4) is 0 Å². The van der Waals surface area contributed by atoms with Gasteiger partial charge < -0.3 is 4.52 Å². The van der Waals surface area contributed by atoms with Gasteiger partial charge in [0.2, 0.25) is 0 Å². The van der Waals surface area contributed by atoms with E-state index in [-0.39, 0.29) is 24.4 Å². The highest BCUT2D eigenvalue weighted by atomic mass is 32.2. The number of phosphoric acid groups is 1. The van der Waals surface area contributed by atoms with E-state index in [4.69, 9.17) is 13.6 Å². The first kappa shape index (κ1) is 17.9. The zero-order valence-electron chi connectivity index (χ0n) is 13.4. The summed E-state index contributed by atoms with van der Waals surface area (Å²) in [4.78, 5) is 0. The minimum absolute atomic E-state index is 0.0939. The highest BCUT2D eigenvalue weighted by Crippen LogP contribution is 2.56. The Kier molecular flexibility index (Phi) is 6.40. The second-order valence-electron chi connectivity index (χ2n) is 5.48. The van der Waals surface area contributed by atoms with Crippen molar-refractivity contribution in [1.29, 1.82) is 5.26 Å². The van der Waals surface area contributed by atoms with Gasteiger partial charge in [0.15, 0.2) is 0 Å². The van der Waals surface area contributed by atoms with Gasteiger partial charge in [-0.05, 0) is 57.3 Å². The van der Waals surface area contributed by atoms with Crippen LogP contribution in [0.4, 0.5) is 0 Å². The highest BCUT2D eigenvalue weighted by Gasteiger charge is 2.43. The average Bonchev–Trinajstić information content (AvgIpc) is 2.95. The third kappa shape index (κ3) is 3.71. The van der Waals surface area contributed by atoms with E-state index in [0.717, 1.165) is 25.7 Å². The van der Waals surface area contributed by atoms with E-state index in [1.165, 1.54) is 5.57 Å². The smallest absolute Gasteiger partial charge is 0.407 e. The lowest BCUT2D eigenvalue weighted by molar-refractivity contribution is 0.138. The molecule has 0 heterocycles. The fourth-order valence-electron chi connectivity index (χ4n) is 3.33. The van der Waals surface area contributed by atoms with Crippen LogP contribution in [0.25, 0.3) is 0 Å². The van der Waals surface area contributed by atoms with Gasteiger partial charge in [0.25, 0.3) is 0 Å². The van der Waals surface area contributed by atoms with E-state index in [2.05, 4.69) is 6.07 Å². The Morgan fingerprint density at radius 2 is 2.05 bits per heavy atom. The first-order valence-electron chi connectivity index (χ1n) is 7.82. The minimum Gasteiger partial charge on any atom is -0.407 e. The molecule has 0 unspecified atom stereocenters. The van der Waals surface area contributed by atoms with Crippen LogP contribution >= 0.6 is 19.6 Å². The predicted molar refractivity (Wildman–Crippen MR) is 87.3 cm³/mol. The molecule has 5 nitrogen and oxygen atoms in total. The van der Waals surface area contributed by atoms with E-state index in [1.54, 1.807) is 25.6 Å². The Morgan fingerprint density at radius 1 is 1.36 bits per heavy atom. The molecule has 0 aromatic heterocycles. The molecule has 0 amide bonds. The molecule has 0 spiro atoms. The minimum atomic E-state index is -3.61. The molecule has 0 aromatic carbocycles. The molecule has 2 aliphatic rings. The Bertz CT molecular complexity index is 506. The second-order valence-corrected chi connectivity index (χ2v) is 8.05. The highest BCUT2D eigenvalue weighted by molar-refractivity contribution is 7.99. The lowest BCUT2D eigenvalue weighted by atomic mass is 9.82. The predicted octanol–water partition coefficient (Wildman–Crippen LogP) is 4.51. The molecule has 7 heteroatoms. The zero-order valence-corrected chi connectivity index (χ0v) is 15.1. The van der Waals surface area contributed by atoms with Crippen LogP contribution in [0, 0.1) is 23.2 Å². The van der Waals surface area contributed by atoms with Crippen molar-refractivity contribution in [2.24, 2.45) is 11.8 Å². The second kappa shape index (κ2) is 7.88. The van der Waals surface area contributed by atoms with Crippen molar-refractivity contribution >= 4 is 19.6 Å². The molecule has 0 aromatic rings. The van der Waals surface area contributed by atoms with Gasteiger partial charge in [0.1, 0.15) is 5.76 Å². The summed E-state index contributed by atoms with van der Waals surface area (Å²) in [7, 11) is -3.61. The van der Waals surface area contributed by atoms with E-state index in [0.29, 0.717) is 11.7 Å². The summed E-state index contributed by atoms with van der Waals surface area (Å²) < 4.78 is 29.1. The number of allylic oxidation sites excluding steroid dienone is 1. The fraction of sp³-hybridized carbons (Fsp3) is 0.800. The van der Waals surface area contributed by atoms with Crippen molar-refractivity contribution in [2.45, 2.75) is 44.8 Å². The maximum absolute atomic E-state index is 12.7. The summed E-state index contributed by atoms with van der Waals surface area (Å²) >= 11 is 1.57. The molecule has 0 aliphatic heterocycles. The molecule has 0 radical (unpaired) electrons. The van der Waals surface area contributed by atoms with Crippen molar-refractivity contribution in [3.8, 4) is 6.07 Å². The van der Waals surface area contributed by atoms with Crippen LogP contribution in [0.15, 0.2) is 11.3 Å². The van der Waals surface area contributed by atoms with Crippen LogP contribution in [0.5, 0.6) is 0 Å². The number of fused-ring (bicyclic) bond motifs is 1. The largest absolute Gasteiger partial charge is 0.529 e. The normalized spacial score (nSPS) is 28.4. The molecule has 22 heavy (non-hydrogen) atoms. The standard InChI is InChI=1S/C15H24NO4PS/c1-4-18-21(17,19-5-2)20-14-13-8-6-7-11(13)9-12(10-16)15(14)22-3/h11-12,15H,4-9H2,1-3H3/t11-,12-,15+/m1/s1. The Labute approximate surface area is 137 Å². The first-order valence-corrected chi connectivity index (χ1v) is 10.6. The number of hydrogen-bond acceptors (Lipinski definition) is 6. The van der Waals surface area contributed by atoms with Crippen molar-refractivity contribution in [3.63, 3.8) is 0 Å². The number of nitriles is 1. The maximum atomic E-state index is 12.7. The summed E-state index contributed by atoms with van der Waals surface area (Å²) in [6.45, 7) is 4.04. The van der Waals surface area contributed by atoms with Crippen molar-refractivity contribution in [3.05, 3.63) is 11.3 Å². The van der Waals surface area contributed by atoms with Gasteiger partial charge in [-0.1, -0.05) is 0 Å². The fourth-order valence-corrected chi connectivity index (χ4v) is 5.60. The van der Waals surface area contributed by atoms with Gasteiger partial charge in [-0.15, -0.1) is 0 Å². The van der Waals surface area contributed by atoms with Crippen molar-refractivity contribution in [2.75, 3.05) is 19.5 Å². The quantitative estimate of drug-likeness (QED) is 0.632. The molecule has 0 N–H and O–H groups in total. The third-order valence-electron chi connectivity index (χ3n) is 4.17. The lowest BCUT2D eigenvalue weighted by Gasteiger charge is -2.34. The Morgan fingerprint density at radius 3 is 2.59 bits per heavy atom. The van der Waals surface area contributed by atoms with Gasteiger partial charge in [0, 0.05) is 0 Å². The summed E-state index contributed by atoms with van der Waals surface area (Å²) in [5.41, 5.74) is 1.21. The molecule has 1 fully saturated rings. The number of nitrogens with zero attached hydrogens (tertiary/aromatic N) is 1. The first-order chi connectivity index (χ1) is 10.6. The molecule has 3 atom stereocenters. The van der Waals surface area contributed by atoms with Gasteiger partial charge in [0.05, 0.1) is 30.5 Å². The van der Waals surface area contributed by atoms with Crippen LogP contribution < -0.4 is 0 Å². The summed E-state index contributed by atoms with van der Waals surface area (Å²) in [6.07, 6.45) is 5.96. The van der Waals surface area contributed by atoms with Crippen LogP contribution in [-0.2, 0) is 18.1 Å². The molecular weight excluding hydrogens is 321 g/mol. The molecule has 2 rings (SSSR count). The van der Waals surface area contributed by atoms with Gasteiger partial charge in [-0.2, -0.15) is 17.0 Å². The molecule has 0 bridgehead atoms. The maximum Gasteiger partial charge on any atom is 0.529 e. The van der Waals surface area contributed by atoms with Gasteiger partial charge in [-0.25, -0.2) is 4.57 Å². The Balaban J connectivity index is 2.34. The van der Waals surface area contributed by atoms with Crippen LogP contribution in [-0.4, -0.2) is 24.7 Å². The van der Waals surface area contributed by atoms with Crippen molar-refractivity contribution in [1.82, 2.24) is 0 Å². The monoisotopic (exact) mass is 345 g/mol. The molecule has 124 valence electrons. The number of phosphoric ester groups is 1. The molecule has 2 aliphatic carbocycles. The average molecular weight is 345 g/mol. The van der Waals surface area contributed by atoms with Gasteiger partial charge >= 0.3 is 7.82 Å². The van der Waals surface area contributed by atoms with Crippen LogP contribution in [0.2, 0.25) is 0 Å². The van der Waals surface area contributed by atoms with E-state index < -0.39 is 7.82 Å². The topological polar surface area (TPSA) is 68.6 Å².